The number of nitrogens with zero attached hydrogens (tertiary/aromatic N) is 1. The second-order valence-corrected chi connectivity index (χ2v) is 2.64. The smallest absolute Gasteiger partial charge is 0.0704 e. The van der Waals surface area contributed by atoms with E-state index in [2.05, 4.69) is 35.6 Å². The van der Waals surface area contributed by atoms with Crippen LogP contribution in [0.1, 0.15) is 33.3 Å². The Labute approximate surface area is 111 Å². The van der Waals surface area contributed by atoms with Crippen molar-refractivity contribution in [1.82, 2.24) is 4.98 Å². The lowest BCUT2D eigenvalue weighted by molar-refractivity contribution is 1.39. The molecule has 0 atom stereocenters. The van der Waals surface area contributed by atoms with Crippen LogP contribution in [0, 0.1) is 6.92 Å². The monoisotopic (exact) mass is 253 g/mol. The summed E-state index contributed by atoms with van der Waals surface area (Å²) in [6, 6.07) is 10.2. The molecule has 0 aliphatic rings. The zero-order chi connectivity index (χ0) is 13.7. The molecule has 0 aliphatic carbocycles. The lowest BCUT2D eigenvalue weighted by Gasteiger charge is -1.97. The van der Waals surface area contributed by atoms with Gasteiger partial charge in [0.05, 0.1) is 5.52 Å². The fourth-order valence-corrected chi connectivity index (χ4v) is 1.26. The molecule has 0 saturated heterocycles. The van der Waals surface area contributed by atoms with Crippen molar-refractivity contribution in [2.75, 3.05) is 6.38 Å². The number of hydrogen-bond acceptors (Lipinski definition) is 1. The maximum absolute atomic E-state index is 4.64. The minimum atomic E-state index is 1.08. The summed E-state index contributed by atoms with van der Waals surface area (Å²) in [7, 11) is 0. The molecule has 1 aromatic heterocycles. The average molecular weight is 254 g/mol. The van der Waals surface area contributed by atoms with Crippen molar-refractivity contribution in [1.29, 1.82) is 0 Å². The number of aryl methyl sites for hydroxylation is 1. The molecule has 2 heteroatoms. The Bertz CT molecular complexity index is 380. The van der Waals surface area contributed by atoms with Crippen molar-refractivity contribution in [2.45, 2.75) is 34.6 Å². The van der Waals surface area contributed by atoms with Gasteiger partial charge in [-0.2, -0.15) is 0 Å². The Balaban J connectivity index is 0. The van der Waals surface area contributed by atoms with Gasteiger partial charge < -0.3 is 0 Å². The minimum absolute atomic E-state index is 1.08. The number of hydrogen-bond donors (Lipinski definition) is 0. The van der Waals surface area contributed by atoms with Crippen molar-refractivity contribution in [2.24, 2.45) is 0 Å². The van der Waals surface area contributed by atoms with Gasteiger partial charge in [0.2, 0.25) is 0 Å². The summed E-state index contributed by atoms with van der Waals surface area (Å²) in [5.74, 6) is 0. The highest BCUT2D eigenvalue weighted by molar-refractivity contribution is 6.15. The maximum Gasteiger partial charge on any atom is 0.0704 e. The van der Waals surface area contributed by atoms with Crippen molar-refractivity contribution < 1.29 is 0 Å². The van der Waals surface area contributed by atoms with Crippen LogP contribution < -0.4 is 0 Å². The largest absolute Gasteiger partial charge is 0.256 e. The van der Waals surface area contributed by atoms with Gasteiger partial charge in [0, 0.05) is 18.0 Å². The number of rotatable bonds is 0. The second kappa shape index (κ2) is 13.0. The van der Waals surface area contributed by atoms with Gasteiger partial charge in [-0.1, -0.05) is 45.9 Å². The lowest BCUT2D eigenvalue weighted by Crippen LogP contribution is -1.79. The van der Waals surface area contributed by atoms with Crippen LogP contribution in [0.2, 0.25) is 0 Å². The van der Waals surface area contributed by atoms with Crippen LogP contribution in [0.3, 0.4) is 0 Å². The zero-order valence-corrected chi connectivity index (χ0v) is 12.5. The number of alkyl halides is 1. The highest BCUT2D eigenvalue weighted by atomic mass is 35.5. The third-order valence-corrected chi connectivity index (χ3v) is 1.86. The summed E-state index contributed by atoms with van der Waals surface area (Å²) in [6.07, 6.45) is 3.29. The molecule has 0 spiro atoms. The Morgan fingerprint density at radius 2 is 1.47 bits per heavy atom. The number of aromatic nitrogens is 1. The molecular weight excluding hydrogens is 230 g/mol. The Morgan fingerprint density at radius 3 is 2.00 bits per heavy atom. The Hall–Kier alpha value is -1.08. The number of halogens is 1. The quantitative estimate of drug-likeness (QED) is 0.569. The van der Waals surface area contributed by atoms with E-state index in [-0.39, 0.29) is 0 Å². The number of fused-ring (bicyclic) bond motifs is 1. The van der Waals surface area contributed by atoms with Gasteiger partial charge in [0.25, 0.3) is 0 Å². The summed E-state index contributed by atoms with van der Waals surface area (Å²) in [6.45, 7) is 10.1. The summed E-state index contributed by atoms with van der Waals surface area (Å²) >= 11 is 4.64. The van der Waals surface area contributed by atoms with E-state index < -0.39 is 0 Å². The normalized spacial score (nSPS) is 7.71. The van der Waals surface area contributed by atoms with Gasteiger partial charge in [-0.05, 0) is 24.6 Å². The summed E-state index contributed by atoms with van der Waals surface area (Å²) < 4.78 is 0. The van der Waals surface area contributed by atoms with Crippen molar-refractivity contribution in [3.63, 3.8) is 0 Å². The van der Waals surface area contributed by atoms with E-state index in [0.717, 1.165) is 5.52 Å². The molecule has 0 saturated carbocycles. The lowest BCUT2D eigenvalue weighted by atomic mass is 10.1. The first-order valence-electron chi connectivity index (χ1n) is 6.06. The summed E-state index contributed by atoms with van der Waals surface area (Å²) in [5, 5.41) is 1.25. The van der Waals surface area contributed by atoms with Crippen LogP contribution in [0.25, 0.3) is 10.9 Å². The molecule has 0 unspecified atom stereocenters. The third kappa shape index (κ3) is 6.28. The molecule has 0 N–H and O–H groups in total. The third-order valence-electron chi connectivity index (χ3n) is 1.86. The molecule has 17 heavy (non-hydrogen) atoms. The highest BCUT2D eigenvalue weighted by Crippen LogP contribution is 2.14. The molecule has 96 valence electrons. The number of pyridine rings is 1. The van der Waals surface area contributed by atoms with Gasteiger partial charge in [0.15, 0.2) is 0 Å². The second-order valence-electron chi connectivity index (χ2n) is 2.64. The van der Waals surface area contributed by atoms with E-state index in [1.165, 1.54) is 17.3 Å². The zero-order valence-electron chi connectivity index (χ0n) is 11.8. The van der Waals surface area contributed by atoms with E-state index in [9.17, 15) is 0 Å². The summed E-state index contributed by atoms with van der Waals surface area (Å²) in [4.78, 5) is 4.24. The summed E-state index contributed by atoms with van der Waals surface area (Å²) in [5.41, 5.74) is 2.36. The van der Waals surface area contributed by atoms with E-state index in [4.69, 9.17) is 0 Å². The average Bonchev–Trinajstić information content (AvgIpc) is 2.46. The molecule has 0 amide bonds. The van der Waals surface area contributed by atoms with Gasteiger partial charge >= 0.3 is 0 Å². The Morgan fingerprint density at radius 1 is 0.882 bits per heavy atom. The van der Waals surface area contributed by atoms with Crippen molar-refractivity contribution in [3.8, 4) is 0 Å². The van der Waals surface area contributed by atoms with Crippen LogP contribution >= 0.6 is 11.6 Å². The molecule has 2 aromatic rings. The molecule has 1 nitrogen and oxygen atoms in total. The molecule has 1 heterocycles. The minimum Gasteiger partial charge on any atom is -0.256 e. The first-order valence-corrected chi connectivity index (χ1v) is 6.82. The highest BCUT2D eigenvalue weighted by Gasteiger charge is 1.93. The molecule has 0 bridgehead atoms. The fraction of sp³-hybridized carbons (Fsp3) is 0.400. The van der Waals surface area contributed by atoms with Gasteiger partial charge in [-0.15, -0.1) is 11.6 Å². The van der Waals surface area contributed by atoms with Crippen LogP contribution in [0.5, 0.6) is 0 Å². The van der Waals surface area contributed by atoms with E-state index in [0.29, 0.717) is 0 Å². The van der Waals surface area contributed by atoms with Crippen LogP contribution in [-0.4, -0.2) is 11.4 Å². The first-order chi connectivity index (χ1) is 8.38. The molecule has 2 rings (SSSR count). The molecule has 0 fully saturated rings. The van der Waals surface area contributed by atoms with E-state index in [1.807, 2.05) is 52.1 Å². The standard InChI is InChI=1S/C10H9N.2C2H6.CH3Cl/c1-8-4-2-6-10-9(8)5-3-7-11-10;3*1-2/h2-7H,1H3;2*1-2H3;1H3. The molecule has 0 aliphatic heterocycles. The van der Waals surface area contributed by atoms with Crippen LogP contribution in [0.4, 0.5) is 0 Å². The van der Waals surface area contributed by atoms with Gasteiger partial charge in [-0.25, -0.2) is 0 Å². The van der Waals surface area contributed by atoms with E-state index in [1.54, 1.807) is 0 Å². The molecule has 1 aromatic carbocycles. The van der Waals surface area contributed by atoms with Gasteiger partial charge in [-0.3, -0.25) is 4.98 Å². The first kappa shape index (κ1) is 18.3. The topological polar surface area (TPSA) is 12.9 Å². The fourth-order valence-electron chi connectivity index (χ4n) is 1.26. The maximum atomic E-state index is 4.64. The Kier molecular flexibility index (Phi) is 14.0. The van der Waals surface area contributed by atoms with Crippen LogP contribution in [0.15, 0.2) is 36.5 Å². The SMILES string of the molecule is CC.CC.CCl.Cc1cccc2ncccc12. The van der Waals surface area contributed by atoms with Crippen molar-refractivity contribution in [3.05, 3.63) is 42.1 Å². The van der Waals surface area contributed by atoms with Crippen LogP contribution in [-0.2, 0) is 0 Å². The van der Waals surface area contributed by atoms with Gasteiger partial charge in [0.1, 0.15) is 0 Å². The molecule has 0 radical (unpaired) electrons. The van der Waals surface area contributed by atoms with E-state index >= 15 is 0 Å². The predicted octanol–water partition coefficient (Wildman–Crippen LogP) is 5.45. The van der Waals surface area contributed by atoms with Crippen molar-refractivity contribution >= 4 is 22.5 Å². The molecular formula is C15H24ClN. The predicted molar refractivity (Wildman–Crippen MR) is 81.0 cm³/mol. The number of benzene rings is 1.